The number of benzene rings is 2. The number of nitrogens with zero attached hydrogens (tertiary/aromatic N) is 1. The molecular formula is C21H25NO3. The van der Waals surface area contributed by atoms with E-state index in [0.29, 0.717) is 6.42 Å². The summed E-state index contributed by atoms with van der Waals surface area (Å²) in [6, 6.07) is 15.8. The van der Waals surface area contributed by atoms with Gasteiger partial charge in [-0.3, -0.25) is 9.69 Å². The number of carboxylic acids is 1. The van der Waals surface area contributed by atoms with Gasteiger partial charge in [-0.05, 0) is 36.5 Å². The van der Waals surface area contributed by atoms with Crippen molar-refractivity contribution in [2.24, 2.45) is 0 Å². The Kier molecular flexibility index (Phi) is 5.39. The molecule has 0 aromatic heterocycles. The maximum absolute atomic E-state index is 11.8. The van der Waals surface area contributed by atoms with Crippen molar-refractivity contribution in [1.29, 1.82) is 0 Å². The molecule has 1 aliphatic heterocycles. The van der Waals surface area contributed by atoms with E-state index in [2.05, 4.69) is 36.1 Å². The van der Waals surface area contributed by atoms with E-state index in [1.165, 1.54) is 5.56 Å². The van der Waals surface area contributed by atoms with Gasteiger partial charge in [0.2, 0.25) is 0 Å². The fraction of sp³-hybridized carbons (Fsp3) is 0.381. The molecule has 4 nitrogen and oxygen atoms in total. The van der Waals surface area contributed by atoms with E-state index in [0.717, 1.165) is 36.3 Å². The highest BCUT2D eigenvalue weighted by Gasteiger charge is 2.37. The van der Waals surface area contributed by atoms with E-state index >= 15 is 0 Å². The summed E-state index contributed by atoms with van der Waals surface area (Å²) < 4.78 is 5.57. The third kappa shape index (κ3) is 3.54. The van der Waals surface area contributed by atoms with Gasteiger partial charge in [-0.2, -0.15) is 0 Å². The Labute approximate surface area is 149 Å². The van der Waals surface area contributed by atoms with Crippen molar-refractivity contribution in [3.63, 3.8) is 0 Å². The molecule has 0 radical (unpaired) electrons. The summed E-state index contributed by atoms with van der Waals surface area (Å²) in [6.45, 7) is 2.91. The van der Waals surface area contributed by atoms with Gasteiger partial charge in [-0.1, -0.05) is 49.4 Å². The zero-order chi connectivity index (χ0) is 17.8. The SMILES string of the molecule is CCc1ccc(C(c2ccccc2OC)N2CCCC2C(=O)O)cc1. The van der Waals surface area contributed by atoms with Crippen LogP contribution in [0.15, 0.2) is 48.5 Å². The molecule has 132 valence electrons. The lowest BCUT2D eigenvalue weighted by molar-refractivity contribution is -0.142. The van der Waals surface area contributed by atoms with Crippen molar-refractivity contribution >= 4 is 5.97 Å². The zero-order valence-electron chi connectivity index (χ0n) is 14.8. The zero-order valence-corrected chi connectivity index (χ0v) is 14.8. The van der Waals surface area contributed by atoms with Crippen LogP contribution >= 0.6 is 0 Å². The molecule has 2 unspecified atom stereocenters. The van der Waals surface area contributed by atoms with E-state index in [9.17, 15) is 9.90 Å². The summed E-state index contributed by atoms with van der Waals surface area (Å²) in [4.78, 5) is 13.9. The highest BCUT2D eigenvalue weighted by atomic mass is 16.5. The second-order valence-electron chi connectivity index (χ2n) is 6.47. The molecule has 4 heteroatoms. The van der Waals surface area contributed by atoms with E-state index < -0.39 is 12.0 Å². The predicted octanol–water partition coefficient (Wildman–Crippen LogP) is 3.90. The number of hydrogen-bond acceptors (Lipinski definition) is 3. The second-order valence-corrected chi connectivity index (χ2v) is 6.47. The van der Waals surface area contributed by atoms with Gasteiger partial charge < -0.3 is 9.84 Å². The molecule has 2 aromatic rings. The van der Waals surface area contributed by atoms with Gasteiger partial charge in [-0.15, -0.1) is 0 Å². The first-order valence-electron chi connectivity index (χ1n) is 8.86. The van der Waals surface area contributed by atoms with Crippen molar-refractivity contribution in [2.75, 3.05) is 13.7 Å². The Hall–Kier alpha value is -2.33. The van der Waals surface area contributed by atoms with Crippen LogP contribution in [-0.4, -0.2) is 35.7 Å². The topological polar surface area (TPSA) is 49.8 Å². The molecule has 3 rings (SSSR count). The van der Waals surface area contributed by atoms with Crippen molar-refractivity contribution in [3.05, 3.63) is 65.2 Å². The first-order chi connectivity index (χ1) is 12.2. The molecule has 2 atom stereocenters. The van der Waals surface area contributed by atoms with Gasteiger partial charge in [0, 0.05) is 12.1 Å². The summed E-state index contributed by atoms with van der Waals surface area (Å²) in [5.41, 5.74) is 3.40. The second kappa shape index (κ2) is 7.70. The summed E-state index contributed by atoms with van der Waals surface area (Å²) in [6.07, 6.45) is 2.57. The van der Waals surface area contributed by atoms with Crippen LogP contribution in [0.2, 0.25) is 0 Å². The van der Waals surface area contributed by atoms with Crippen LogP contribution in [0, 0.1) is 0 Å². The van der Waals surface area contributed by atoms with Crippen LogP contribution in [0.25, 0.3) is 0 Å². The van der Waals surface area contributed by atoms with Gasteiger partial charge in [0.05, 0.1) is 13.2 Å². The lowest BCUT2D eigenvalue weighted by atomic mass is 9.94. The van der Waals surface area contributed by atoms with Crippen LogP contribution in [0.5, 0.6) is 5.75 Å². The van der Waals surface area contributed by atoms with Gasteiger partial charge >= 0.3 is 5.97 Å². The Morgan fingerprint density at radius 3 is 2.60 bits per heavy atom. The van der Waals surface area contributed by atoms with Crippen molar-refractivity contribution in [3.8, 4) is 5.75 Å². The van der Waals surface area contributed by atoms with Gasteiger partial charge in [-0.25, -0.2) is 0 Å². The lowest BCUT2D eigenvalue weighted by Crippen LogP contribution is -2.39. The molecule has 1 N–H and O–H groups in total. The van der Waals surface area contributed by atoms with Crippen LogP contribution in [0.3, 0.4) is 0 Å². The highest BCUT2D eigenvalue weighted by molar-refractivity contribution is 5.74. The minimum atomic E-state index is -0.748. The van der Waals surface area contributed by atoms with Gasteiger partial charge in [0.15, 0.2) is 0 Å². The molecular weight excluding hydrogens is 314 g/mol. The highest BCUT2D eigenvalue weighted by Crippen LogP contribution is 2.38. The third-order valence-electron chi connectivity index (χ3n) is 5.05. The standard InChI is InChI=1S/C21H25NO3/c1-3-15-10-12-16(13-11-15)20(17-7-4-5-9-19(17)25-2)22-14-6-8-18(22)21(23)24/h4-5,7,9-13,18,20H,3,6,8,14H2,1-2H3,(H,23,24). The molecule has 0 amide bonds. The number of aryl methyl sites for hydroxylation is 1. The number of carbonyl (C=O) groups is 1. The normalized spacial score (nSPS) is 18.9. The van der Waals surface area contributed by atoms with E-state index in [-0.39, 0.29) is 6.04 Å². The van der Waals surface area contributed by atoms with Crippen LogP contribution in [-0.2, 0) is 11.2 Å². The number of methoxy groups -OCH3 is 1. The average Bonchev–Trinajstić information content (AvgIpc) is 3.12. The number of aliphatic carboxylic acids is 1. The smallest absolute Gasteiger partial charge is 0.320 e. The van der Waals surface area contributed by atoms with Crippen molar-refractivity contribution in [1.82, 2.24) is 4.90 Å². The molecule has 1 fully saturated rings. The first-order valence-corrected chi connectivity index (χ1v) is 8.86. The van der Waals surface area contributed by atoms with E-state index in [1.54, 1.807) is 7.11 Å². The maximum atomic E-state index is 11.8. The molecule has 1 aliphatic rings. The van der Waals surface area contributed by atoms with Crippen molar-refractivity contribution in [2.45, 2.75) is 38.3 Å². The van der Waals surface area contributed by atoms with Gasteiger partial charge in [0.25, 0.3) is 0 Å². The molecule has 0 saturated carbocycles. The fourth-order valence-corrected chi connectivity index (χ4v) is 3.74. The Morgan fingerprint density at radius 2 is 1.96 bits per heavy atom. The Bertz CT molecular complexity index is 726. The fourth-order valence-electron chi connectivity index (χ4n) is 3.74. The molecule has 2 aromatic carbocycles. The number of rotatable bonds is 6. The van der Waals surface area contributed by atoms with E-state index in [4.69, 9.17) is 4.74 Å². The molecule has 0 spiro atoms. The van der Waals surface area contributed by atoms with E-state index in [1.807, 2.05) is 24.3 Å². The molecule has 1 saturated heterocycles. The quantitative estimate of drug-likeness (QED) is 0.867. The number of likely N-dealkylation sites (tertiary alicyclic amines) is 1. The minimum absolute atomic E-state index is 0.120. The largest absolute Gasteiger partial charge is 0.496 e. The van der Waals surface area contributed by atoms with Crippen LogP contribution < -0.4 is 4.74 Å². The molecule has 25 heavy (non-hydrogen) atoms. The molecule has 0 bridgehead atoms. The summed E-state index contributed by atoms with van der Waals surface area (Å²) in [5.74, 6) is 0.0469. The number of ether oxygens (including phenoxy) is 1. The van der Waals surface area contributed by atoms with Crippen LogP contribution in [0.4, 0.5) is 0 Å². The first kappa shape index (κ1) is 17.5. The monoisotopic (exact) mass is 339 g/mol. The predicted molar refractivity (Wildman–Crippen MR) is 98.0 cm³/mol. The Balaban J connectivity index is 2.08. The lowest BCUT2D eigenvalue weighted by Gasteiger charge is -2.33. The average molecular weight is 339 g/mol. The number of carboxylic acid groups (broad SMARTS) is 1. The van der Waals surface area contributed by atoms with Crippen LogP contribution in [0.1, 0.15) is 42.5 Å². The minimum Gasteiger partial charge on any atom is -0.496 e. The number of hydrogen-bond donors (Lipinski definition) is 1. The molecule has 1 heterocycles. The summed E-state index contributed by atoms with van der Waals surface area (Å²) in [7, 11) is 1.66. The molecule has 0 aliphatic carbocycles. The summed E-state index contributed by atoms with van der Waals surface area (Å²) >= 11 is 0. The number of para-hydroxylation sites is 1. The third-order valence-corrected chi connectivity index (χ3v) is 5.05. The van der Waals surface area contributed by atoms with Gasteiger partial charge in [0.1, 0.15) is 11.8 Å². The van der Waals surface area contributed by atoms with Crippen molar-refractivity contribution < 1.29 is 14.6 Å². The summed E-state index contributed by atoms with van der Waals surface area (Å²) in [5, 5.41) is 9.66. The maximum Gasteiger partial charge on any atom is 0.320 e. The Morgan fingerprint density at radius 1 is 1.24 bits per heavy atom.